The summed E-state index contributed by atoms with van der Waals surface area (Å²) >= 11 is 3.14. The first kappa shape index (κ1) is 21.3. The van der Waals surface area contributed by atoms with Crippen molar-refractivity contribution in [2.45, 2.75) is 49.9 Å². The average molecular weight is 441 g/mol. The van der Waals surface area contributed by atoms with Crippen LogP contribution >= 0.6 is 22.7 Å². The molecule has 1 aliphatic rings. The summed E-state index contributed by atoms with van der Waals surface area (Å²) in [5, 5.41) is 6.58. The Balaban J connectivity index is 1.53. The van der Waals surface area contributed by atoms with Crippen LogP contribution in [0, 0.1) is 0 Å². The molecule has 2 aromatic rings. The van der Waals surface area contributed by atoms with Crippen LogP contribution in [0.25, 0.3) is 0 Å². The van der Waals surface area contributed by atoms with Crippen LogP contribution in [0.4, 0.5) is 0 Å². The first-order valence-electron chi connectivity index (χ1n) is 9.64. The number of guanidine groups is 1. The van der Waals surface area contributed by atoms with E-state index in [-0.39, 0.29) is 0 Å². The van der Waals surface area contributed by atoms with Gasteiger partial charge in [0.15, 0.2) is 5.96 Å². The molecule has 9 heteroatoms. The predicted octanol–water partition coefficient (Wildman–Crippen LogP) is 3.41. The van der Waals surface area contributed by atoms with Crippen molar-refractivity contribution in [3.63, 3.8) is 0 Å². The lowest BCUT2D eigenvalue weighted by atomic mass is 10.2. The minimum atomic E-state index is -3.35. The van der Waals surface area contributed by atoms with Crippen molar-refractivity contribution in [1.82, 2.24) is 14.9 Å². The molecule has 1 aliphatic heterocycles. The van der Waals surface area contributed by atoms with Crippen molar-refractivity contribution >= 4 is 38.7 Å². The van der Waals surface area contributed by atoms with Gasteiger partial charge in [-0.25, -0.2) is 8.42 Å². The third kappa shape index (κ3) is 5.34. The van der Waals surface area contributed by atoms with Crippen molar-refractivity contribution < 1.29 is 8.42 Å². The van der Waals surface area contributed by atoms with Crippen molar-refractivity contribution in [2.24, 2.45) is 4.99 Å². The van der Waals surface area contributed by atoms with Crippen LogP contribution in [0.3, 0.4) is 0 Å². The first-order chi connectivity index (χ1) is 13.5. The summed E-state index contributed by atoms with van der Waals surface area (Å²) in [6.07, 6.45) is 4.07. The molecule has 3 heterocycles. The highest BCUT2D eigenvalue weighted by Gasteiger charge is 2.27. The maximum atomic E-state index is 12.8. The Labute approximate surface area is 175 Å². The van der Waals surface area contributed by atoms with Crippen LogP contribution in [0.1, 0.15) is 40.8 Å². The summed E-state index contributed by atoms with van der Waals surface area (Å²) in [5.41, 5.74) is 0. The molecule has 2 aromatic heterocycles. The monoisotopic (exact) mass is 440 g/mol. The van der Waals surface area contributed by atoms with E-state index in [0.717, 1.165) is 37.1 Å². The van der Waals surface area contributed by atoms with E-state index in [0.29, 0.717) is 29.8 Å². The molecule has 2 N–H and O–H groups in total. The van der Waals surface area contributed by atoms with Crippen molar-refractivity contribution in [1.29, 1.82) is 0 Å². The molecule has 0 radical (unpaired) electrons. The third-order valence-electron chi connectivity index (χ3n) is 4.70. The largest absolute Gasteiger partial charge is 0.352 e. The number of nitrogens with zero attached hydrogens (tertiary/aromatic N) is 2. The Morgan fingerprint density at radius 1 is 1.00 bits per heavy atom. The number of hydrogen-bond acceptors (Lipinski definition) is 5. The van der Waals surface area contributed by atoms with E-state index in [4.69, 9.17) is 0 Å². The van der Waals surface area contributed by atoms with E-state index in [1.165, 1.54) is 21.1 Å². The molecule has 1 saturated heterocycles. The minimum absolute atomic E-state index is 0.430. The van der Waals surface area contributed by atoms with Gasteiger partial charge in [-0.1, -0.05) is 13.3 Å². The van der Waals surface area contributed by atoms with Gasteiger partial charge >= 0.3 is 0 Å². The van der Waals surface area contributed by atoms with Crippen LogP contribution in [-0.4, -0.2) is 38.8 Å². The van der Waals surface area contributed by atoms with Crippen LogP contribution in [0.2, 0.25) is 0 Å². The van der Waals surface area contributed by atoms with Crippen LogP contribution in [-0.2, 0) is 29.5 Å². The van der Waals surface area contributed by atoms with Gasteiger partial charge in [0, 0.05) is 34.8 Å². The van der Waals surface area contributed by atoms with Gasteiger partial charge in [0.2, 0.25) is 0 Å². The standard InChI is InChI=1S/C19H28N4O2S3/c1-3-15-7-8-16(26-15)13-21-19(20-2)22-14-17-9-10-18(27-17)28(24,25)23-11-5-4-6-12-23/h7-10H,3-6,11-14H2,1-2H3,(H2,20,21,22). The van der Waals surface area contributed by atoms with Crippen molar-refractivity contribution in [3.8, 4) is 0 Å². The topological polar surface area (TPSA) is 73.8 Å². The SMILES string of the molecule is CCc1ccc(CNC(=NC)NCc2ccc(S(=O)(=O)N3CCCCC3)s2)s1. The molecule has 0 spiro atoms. The summed E-state index contributed by atoms with van der Waals surface area (Å²) < 4.78 is 27.6. The van der Waals surface area contributed by atoms with Gasteiger partial charge in [0.1, 0.15) is 4.21 Å². The van der Waals surface area contributed by atoms with Crippen LogP contribution in [0.5, 0.6) is 0 Å². The van der Waals surface area contributed by atoms with Gasteiger partial charge < -0.3 is 10.6 Å². The number of aryl methyl sites for hydroxylation is 1. The van der Waals surface area contributed by atoms with E-state index < -0.39 is 10.0 Å². The number of rotatable bonds is 7. The Morgan fingerprint density at radius 3 is 2.21 bits per heavy atom. The van der Waals surface area contributed by atoms with Gasteiger partial charge in [-0.15, -0.1) is 22.7 Å². The lowest BCUT2D eigenvalue weighted by Gasteiger charge is -2.25. The smallest absolute Gasteiger partial charge is 0.252 e. The van der Waals surface area contributed by atoms with E-state index in [1.807, 2.05) is 6.07 Å². The summed E-state index contributed by atoms with van der Waals surface area (Å²) in [6.45, 7) is 4.69. The zero-order valence-electron chi connectivity index (χ0n) is 16.4. The molecule has 0 atom stereocenters. The second-order valence-corrected chi connectivity index (χ2v) is 11.3. The zero-order valence-corrected chi connectivity index (χ0v) is 18.9. The van der Waals surface area contributed by atoms with E-state index in [9.17, 15) is 8.42 Å². The van der Waals surface area contributed by atoms with E-state index >= 15 is 0 Å². The first-order valence-corrected chi connectivity index (χ1v) is 12.7. The molecule has 0 aromatic carbocycles. The van der Waals surface area contributed by atoms with Crippen molar-refractivity contribution in [3.05, 3.63) is 38.9 Å². The number of piperidine rings is 1. The molecule has 154 valence electrons. The number of sulfonamides is 1. The summed E-state index contributed by atoms with van der Waals surface area (Å²) in [5.74, 6) is 0.709. The molecule has 0 amide bonds. The maximum Gasteiger partial charge on any atom is 0.252 e. The fourth-order valence-electron chi connectivity index (χ4n) is 3.09. The van der Waals surface area contributed by atoms with Gasteiger partial charge in [0.05, 0.1) is 13.1 Å². The lowest BCUT2D eigenvalue weighted by Crippen LogP contribution is -2.36. The molecule has 0 unspecified atom stereocenters. The minimum Gasteiger partial charge on any atom is -0.352 e. The van der Waals surface area contributed by atoms with Gasteiger partial charge in [-0.05, 0) is 43.5 Å². The molecule has 1 fully saturated rings. The van der Waals surface area contributed by atoms with Crippen molar-refractivity contribution in [2.75, 3.05) is 20.1 Å². The average Bonchev–Trinajstić information content (AvgIpc) is 3.38. The van der Waals surface area contributed by atoms with E-state index in [2.05, 4.69) is 34.7 Å². The van der Waals surface area contributed by atoms with E-state index in [1.54, 1.807) is 28.8 Å². The van der Waals surface area contributed by atoms with Gasteiger partial charge in [0.25, 0.3) is 10.0 Å². The second kappa shape index (κ2) is 9.87. The normalized spacial score (nSPS) is 16.3. The van der Waals surface area contributed by atoms with Gasteiger partial charge in [-0.3, -0.25) is 4.99 Å². The number of hydrogen-bond donors (Lipinski definition) is 2. The highest BCUT2D eigenvalue weighted by Crippen LogP contribution is 2.27. The summed E-state index contributed by atoms with van der Waals surface area (Å²) in [4.78, 5) is 7.87. The molecule has 3 rings (SSSR count). The Bertz CT molecular complexity index is 896. The Morgan fingerprint density at radius 2 is 1.61 bits per heavy atom. The summed E-state index contributed by atoms with van der Waals surface area (Å²) in [6, 6.07) is 7.91. The molecular weight excluding hydrogens is 412 g/mol. The molecule has 0 aliphatic carbocycles. The highest BCUT2D eigenvalue weighted by atomic mass is 32.2. The molecule has 28 heavy (non-hydrogen) atoms. The maximum absolute atomic E-state index is 12.8. The summed E-state index contributed by atoms with van der Waals surface area (Å²) in [7, 11) is -1.61. The molecule has 0 saturated carbocycles. The Kier molecular flexibility index (Phi) is 7.50. The van der Waals surface area contributed by atoms with Crippen LogP contribution in [0.15, 0.2) is 33.5 Å². The van der Waals surface area contributed by atoms with Crippen LogP contribution < -0.4 is 10.6 Å². The quantitative estimate of drug-likeness (QED) is 0.511. The van der Waals surface area contributed by atoms with Gasteiger partial charge in [-0.2, -0.15) is 4.31 Å². The molecular formula is C19H28N4O2S3. The third-order valence-corrected chi connectivity index (χ3v) is 9.38. The fraction of sp³-hybridized carbons (Fsp3) is 0.526. The number of thiophene rings is 2. The molecule has 6 nitrogen and oxygen atoms in total. The fourth-order valence-corrected chi connectivity index (χ4v) is 6.96. The lowest BCUT2D eigenvalue weighted by molar-refractivity contribution is 0.347. The second-order valence-electron chi connectivity index (χ2n) is 6.69. The number of nitrogens with one attached hydrogen (secondary N) is 2. The molecule has 0 bridgehead atoms. The zero-order chi connectivity index (χ0) is 20.0. The Hall–Kier alpha value is -1.42. The number of aliphatic imine (C=N–C) groups is 1. The predicted molar refractivity (Wildman–Crippen MR) is 118 cm³/mol. The highest BCUT2D eigenvalue weighted by molar-refractivity contribution is 7.91.